The summed E-state index contributed by atoms with van der Waals surface area (Å²) in [6, 6.07) is 14.5. The molecule has 0 atom stereocenters. The zero-order chi connectivity index (χ0) is 18.0. The topological polar surface area (TPSA) is 62.7 Å². The fraction of sp³-hybridized carbons (Fsp3) is 0.111. The minimum absolute atomic E-state index is 0.375. The lowest BCUT2D eigenvalue weighted by molar-refractivity contribution is -0.139. The van der Waals surface area contributed by atoms with Crippen LogP contribution in [0.5, 0.6) is 5.75 Å². The van der Waals surface area contributed by atoms with E-state index in [1.807, 2.05) is 36.2 Å². The van der Waals surface area contributed by atoms with Crippen LogP contribution in [0.15, 0.2) is 48.5 Å². The molecular formula is C18H14Cl2N2O3. The number of carboxylic acids is 1. The molecule has 0 aliphatic carbocycles. The number of carbonyl (C=O) groups is 1. The standard InChI is InChI=1S/C18H14Cl2N2O3/c1-22(13-4-6-14(7-5-13)25-10-17(23)24)16-8-11-2-3-12(19)9-15(11)18(20)21-16/h2-9H,10H2,1H3,(H,23,24). The first kappa shape index (κ1) is 17.3. The van der Waals surface area contributed by atoms with Crippen molar-refractivity contribution in [1.82, 2.24) is 4.98 Å². The van der Waals surface area contributed by atoms with Crippen LogP contribution in [0.1, 0.15) is 0 Å². The van der Waals surface area contributed by atoms with E-state index in [1.165, 1.54) is 0 Å². The second-order valence-corrected chi connectivity index (χ2v) is 6.17. The van der Waals surface area contributed by atoms with Crippen LogP contribution in [0, 0.1) is 0 Å². The maximum Gasteiger partial charge on any atom is 0.341 e. The van der Waals surface area contributed by atoms with E-state index < -0.39 is 5.97 Å². The van der Waals surface area contributed by atoms with Crippen molar-refractivity contribution in [2.24, 2.45) is 0 Å². The Kier molecular flexibility index (Phi) is 4.97. The molecule has 1 N–H and O–H groups in total. The summed E-state index contributed by atoms with van der Waals surface area (Å²) in [5.41, 5.74) is 0.861. The van der Waals surface area contributed by atoms with Gasteiger partial charge in [0.15, 0.2) is 6.61 Å². The number of aliphatic carboxylic acids is 1. The molecule has 0 radical (unpaired) electrons. The van der Waals surface area contributed by atoms with Gasteiger partial charge >= 0.3 is 5.97 Å². The van der Waals surface area contributed by atoms with Gasteiger partial charge in [0.05, 0.1) is 0 Å². The fourth-order valence-corrected chi connectivity index (χ4v) is 2.80. The highest BCUT2D eigenvalue weighted by molar-refractivity contribution is 6.36. The molecule has 0 spiro atoms. The van der Waals surface area contributed by atoms with Gasteiger partial charge in [0.1, 0.15) is 16.7 Å². The molecule has 3 aromatic rings. The van der Waals surface area contributed by atoms with E-state index >= 15 is 0 Å². The van der Waals surface area contributed by atoms with Crippen LogP contribution < -0.4 is 9.64 Å². The molecule has 0 unspecified atom stereocenters. The molecule has 1 heterocycles. The van der Waals surface area contributed by atoms with Crippen LogP contribution in [0.2, 0.25) is 10.2 Å². The number of carboxylic acid groups (broad SMARTS) is 1. The molecule has 3 rings (SSSR count). The van der Waals surface area contributed by atoms with Crippen LogP contribution in [0.4, 0.5) is 11.5 Å². The minimum atomic E-state index is -1.02. The molecule has 5 nitrogen and oxygen atoms in total. The maximum absolute atomic E-state index is 10.5. The summed E-state index contributed by atoms with van der Waals surface area (Å²) in [5.74, 6) is 0.147. The number of halogens is 2. The molecule has 0 amide bonds. The summed E-state index contributed by atoms with van der Waals surface area (Å²) in [5, 5.41) is 11.4. The van der Waals surface area contributed by atoms with Crippen LogP contribution in [-0.2, 0) is 4.79 Å². The van der Waals surface area contributed by atoms with E-state index in [1.54, 1.807) is 24.3 Å². The highest BCUT2D eigenvalue weighted by Gasteiger charge is 2.10. The predicted molar refractivity (Wildman–Crippen MR) is 99.4 cm³/mol. The first-order valence-corrected chi connectivity index (χ1v) is 8.14. The van der Waals surface area contributed by atoms with Gasteiger partial charge in [0.25, 0.3) is 0 Å². The lowest BCUT2D eigenvalue weighted by atomic mass is 10.1. The Bertz CT molecular complexity index is 930. The van der Waals surface area contributed by atoms with Crippen molar-refractivity contribution in [1.29, 1.82) is 0 Å². The number of nitrogens with zero attached hydrogens (tertiary/aromatic N) is 2. The van der Waals surface area contributed by atoms with Crippen molar-refractivity contribution >= 4 is 51.4 Å². The second-order valence-electron chi connectivity index (χ2n) is 5.37. The molecule has 0 bridgehead atoms. The number of aromatic nitrogens is 1. The minimum Gasteiger partial charge on any atom is -0.482 e. The van der Waals surface area contributed by atoms with Crippen molar-refractivity contribution in [2.75, 3.05) is 18.6 Å². The number of anilines is 2. The quantitative estimate of drug-likeness (QED) is 0.649. The Morgan fingerprint density at radius 2 is 1.88 bits per heavy atom. The second kappa shape index (κ2) is 7.17. The van der Waals surface area contributed by atoms with E-state index in [2.05, 4.69) is 4.98 Å². The number of hydrogen-bond donors (Lipinski definition) is 1. The van der Waals surface area contributed by atoms with Gasteiger partial charge in [0, 0.05) is 23.1 Å². The summed E-state index contributed by atoms with van der Waals surface area (Å²) in [6.45, 7) is -0.375. The summed E-state index contributed by atoms with van der Waals surface area (Å²) in [4.78, 5) is 16.8. The third kappa shape index (κ3) is 3.95. The van der Waals surface area contributed by atoms with Crippen molar-refractivity contribution < 1.29 is 14.6 Å². The van der Waals surface area contributed by atoms with E-state index in [0.717, 1.165) is 16.5 Å². The first-order chi connectivity index (χ1) is 11.9. The average molecular weight is 377 g/mol. The largest absolute Gasteiger partial charge is 0.482 e. The van der Waals surface area contributed by atoms with E-state index in [4.69, 9.17) is 33.0 Å². The molecule has 0 saturated heterocycles. The third-order valence-electron chi connectivity index (χ3n) is 3.66. The van der Waals surface area contributed by atoms with Gasteiger partial charge in [-0.1, -0.05) is 29.3 Å². The number of pyridine rings is 1. The molecule has 2 aromatic carbocycles. The molecule has 128 valence electrons. The highest BCUT2D eigenvalue weighted by Crippen LogP contribution is 2.31. The average Bonchev–Trinajstić information content (AvgIpc) is 2.60. The third-order valence-corrected chi connectivity index (χ3v) is 4.19. The van der Waals surface area contributed by atoms with Gasteiger partial charge in [-0.2, -0.15) is 0 Å². The Morgan fingerprint density at radius 3 is 2.56 bits per heavy atom. The summed E-state index contributed by atoms with van der Waals surface area (Å²) in [6.07, 6.45) is 0. The van der Waals surface area contributed by atoms with Crippen LogP contribution >= 0.6 is 23.2 Å². The molecule has 25 heavy (non-hydrogen) atoms. The van der Waals surface area contributed by atoms with Gasteiger partial charge in [-0.3, -0.25) is 0 Å². The van der Waals surface area contributed by atoms with Crippen molar-refractivity contribution in [3.8, 4) is 5.75 Å². The van der Waals surface area contributed by atoms with Crippen LogP contribution in [0.3, 0.4) is 0 Å². The molecular weight excluding hydrogens is 363 g/mol. The van der Waals surface area contributed by atoms with E-state index in [0.29, 0.717) is 21.7 Å². The number of hydrogen-bond acceptors (Lipinski definition) is 4. The van der Waals surface area contributed by atoms with E-state index in [9.17, 15) is 4.79 Å². The molecule has 7 heteroatoms. The van der Waals surface area contributed by atoms with Gasteiger partial charge in [-0.15, -0.1) is 0 Å². The fourth-order valence-electron chi connectivity index (χ4n) is 2.38. The molecule has 0 fully saturated rings. The molecule has 0 aliphatic heterocycles. The summed E-state index contributed by atoms with van der Waals surface area (Å²) in [7, 11) is 1.87. The van der Waals surface area contributed by atoms with Crippen molar-refractivity contribution in [2.45, 2.75) is 0 Å². The maximum atomic E-state index is 10.5. The van der Waals surface area contributed by atoms with Gasteiger partial charge in [-0.05, 0) is 47.9 Å². The van der Waals surface area contributed by atoms with E-state index in [-0.39, 0.29) is 6.61 Å². The number of rotatable bonds is 5. The number of fused-ring (bicyclic) bond motifs is 1. The molecule has 1 aromatic heterocycles. The van der Waals surface area contributed by atoms with Gasteiger partial charge < -0.3 is 14.7 Å². The van der Waals surface area contributed by atoms with Gasteiger partial charge in [-0.25, -0.2) is 9.78 Å². The lowest BCUT2D eigenvalue weighted by Crippen LogP contribution is -2.12. The smallest absolute Gasteiger partial charge is 0.341 e. The van der Waals surface area contributed by atoms with Gasteiger partial charge in [0.2, 0.25) is 0 Å². The first-order valence-electron chi connectivity index (χ1n) is 7.38. The van der Waals surface area contributed by atoms with Crippen molar-refractivity contribution in [3.05, 3.63) is 58.7 Å². The predicted octanol–water partition coefficient (Wildman–Crippen LogP) is 4.77. The molecule has 0 saturated carbocycles. The Balaban J connectivity index is 1.87. The Hall–Kier alpha value is -2.50. The van der Waals surface area contributed by atoms with Crippen LogP contribution in [-0.4, -0.2) is 29.7 Å². The normalized spacial score (nSPS) is 10.7. The zero-order valence-electron chi connectivity index (χ0n) is 13.2. The number of ether oxygens (including phenoxy) is 1. The monoisotopic (exact) mass is 376 g/mol. The molecule has 0 aliphatic rings. The summed E-state index contributed by atoms with van der Waals surface area (Å²) >= 11 is 12.3. The Morgan fingerprint density at radius 1 is 1.16 bits per heavy atom. The van der Waals surface area contributed by atoms with Crippen LogP contribution in [0.25, 0.3) is 10.8 Å². The highest BCUT2D eigenvalue weighted by atomic mass is 35.5. The Labute approximate surface area is 154 Å². The SMILES string of the molecule is CN(c1ccc(OCC(=O)O)cc1)c1cc2ccc(Cl)cc2c(Cl)n1. The lowest BCUT2D eigenvalue weighted by Gasteiger charge is -2.19. The zero-order valence-corrected chi connectivity index (χ0v) is 14.8. The van der Waals surface area contributed by atoms with Crippen molar-refractivity contribution in [3.63, 3.8) is 0 Å². The summed E-state index contributed by atoms with van der Waals surface area (Å²) < 4.78 is 5.13. The number of benzene rings is 2.